The molecule has 136 valence electrons. The Labute approximate surface area is 150 Å². The number of esters is 1. The summed E-state index contributed by atoms with van der Waals surface area (Å²) in [6.45, 7) is 6.16. The van der Waals surface area contributed by atoms with Crippen molar-refractivity contribution in [1.29, 1.82) is 0 Å². The fraction of sp³-hybridized carbons (Fsp3) is 0.556. The van der Waals surface area contributed by atoms with E-state index < -0.39 is 12.0 Å². The fourth-order valence-corrected chi connectivity index (χ4v) is 2.38. The van der Waals surface area contributed by atoms with Gasteiger partial charge in [0.05, 0.1) is 19.1 Å². The van der Waals surface area contributed by atoms with Crippen LogP contribution in [-0.4, -0.2) is 31.6 Å². The lowest BCUT2D eigenvalue weighted by Crippen LogP contribution is -2.47. The fourth-order valence-electron chi connectivity index (χ4n) is 2.38. The van der Waals surface area contributed by atoms with E-state index >= 15 is 0 Å². The van der Waals surface area contributed by atoms with Gasteiger partial charge in [0, 0.05) is 6.54 Å². The van der Waals surface area contributed by atoms with Crippen LogP contribution in [0.5, 0.6) is 0 Å². The van der Waals surface area contributed by atoms with Crippen molar-refractivity contribution in [3.05, 3.63) is 35.4 Å². The molecule has 0 spiro atoms. The molecule has 0 fully saturated rings. The Morgan fingerprint density at radius 2 is 2.00 bits per heavy atom. The van der Waals surface area contributed by atoms with Crippen LogP contribution in [0.15, 0.2) is 24.3 Å². The average molecular weight is 357 g/mol. The number of rotatable bonds is 8. The summed E-state index contributed by atoms with van der Waals surface area (Å²) in [5.41, 5.74) is 8.09. The van der Waals surface area contributed by atoms with Crippen LogP contribution < -0.4 is 11.1 Å². The van der Waals surface area contributed by atoms with E-state index in [9.17, 15) is 9.59 Å². The van der Waals surface area contributed by atoms with Crippen molar-refractivity contribution in [3.8, 4) is 0 Å². The van der Waals surface area contributed by atoms with Crippen LogP contribution >= 0.6 is 12.4 Å². The van der Waals surface area contributed by atoms with Gasteiger partial charge in [-0.05, 0) is 24.8 Å². The van der Waals surface area contributed by atoms with Crippen molar-refractivity contribution < 1.29 is 14.3 Å². The van der Waals surface area contributed by atoms with Crippen LogP contribution in [-0.2, 0) is 20.7 Å². The quantitative estimate of drug-likeness (QED) is 0.700. The maximum Gasteiger partial charge on any atom is 0.310 e. The molecule has 1 rings (SSSR count). The van der Waals surface area contributed by atoms with Crippen LogP contribution in [0, 0.1) is 18.8 Å². The van der Waals surface area contributed by atoms with Crippen LogP contribution in [0.2, 0.25) is 0 Å². The SMILES string of the molecule is CCC(C)C(N)C(=O)NCC(Cc1cccc(C)c1)C(=O)OC.Cl. The first kappa shape index (κ1) is 22.4. The third kappa shape index (κ3) is 6.89. The molecule has 0 aliphatic rings. The van der Waals surface area contributed by atoms with Crippen LogP contribution in [0.25, 0.3) is 0 Å². The van der Waals surface area contributed by atoms with E-state index in [1.54, 1.807) is 0 Å². The summed E-state index contributed by atoms with van der Waals surface area (Å²) >= 11 is 0. The highest BCUT2D eigenvalue weighted by Crippen LogP contribution is 2.12. The van der Waals surface area contributed by atoms with E-state index in [0.29, 0.717) is 6.42 Å². The molecule has 1 aromatic rings. The first-order valence-corrected chi connectivity index (χ1v) is 8.05. The van der Waals surface area contributed by atoms with Gasteiger partial charge in [-0.3, -0.25) is 9.59 Å². The minimum Gasteiger partial charge on any atom is -0.469 e. The number of hydrogen-bond acceptors (Lipinski definition) is 4. The number of carbonyl (C=O) groups is 2. The molecule has 1 aromatic carbocycles. The normalized spacial score (nSPS) is 14.0. The van der Waals surface area contributed by atoms with Crippen molar-refractivity contribution in [2.45, 2.75) is 39.7 Å². The number of nitrogens with one attached hydrogen (secondary N) is 1. The minimum atomic E-state index is -0.558. The second-order valence-corrected chi connectivity index (χ2v) is 6.07. The standard InChI is InChI=1S/C18H28N2O3.ClH/c1-5-13(3)16(19)17(21)20-11-15(18(22)23-4)10-14-8-6-7-12(2)9-14;/h6-9,13,15-16H,5,10-11,19H2,1-4H3,(H,20,21);1H. The molecular formula is C18H29ClN2O3. The van der Waals surface area contributed by atoms with E-state index in [-0.39, 0.29) is 36.7 Å². The van der Waals surface area contributed by atoms with Gasteiger partial charge in [-0.15, -0.1) is 12.4 Å². The Balaban J connectivity index is 0.00000529. The predicted octanol–water partition coefficient (Wildman–Crippen LogP) is 2.24. The first-order valence-electron chi connectivity index (χ1n) is 8.05. The first-order chi connectivity index (χ1) is 10.9. The molecule has 5 nitrogen and oxygen atoms in total. The topological polar surface area (TPSA) is 81.4 Å². The van der Waals surface area contributed by atoms with Crippen molar-refractivity contribution >= 4 is 24.3 Å². The average Bonchev–Trinajstić information content (AvgIpc) is 2.56. The number of halogens is 1. The molecule has 1 amide bonds. The van der Waals surface area contributed by atoms with Crippen molar-refractivity contribution in [1.82, 2.24) is 5.32 Å². The summed E-state index contributed by atoms with van der Waals surface area (Å²) in [7, 11) is 1.36. The summed E-state index contributed by atoms with van der Waals surface area (Å²) in [4.78, 5) is 24.0. The van der Waals surface area contributed by atoms with Gasteiger partial charge in [0.15, 0.2) is 0 Å². The number of aryl methyl sites for hydroxylation is 1. The second-order valence-electron chi connectivity index (χ2n) is 6.07. The number of methoxy groups -OCH3 is 1. The highest BCUT2D eigenvalue weighted by atomic mass is 35.5. The molecule has 0 aliphatic carbocycles. The largest absolute Gasteiger partial charge is 0.469 e. The minimum absolute atomic E-state index is 0. The maximum absolute atomic E-state index is 12.1. The van der Waals surface area contributed by atoms with E-state index in [2.05, 4.69) is 5.32 Å². The monoisotopic (exact) mass is 356 g/mol. The van der Waals surface area contributed by atoms with E-state index in [0.717, 1.165) is 17.5 Å². The zero-order valence-corrected chi connectivity index (χ0v) is 15.7. The number of ether oxygens (including phenoxy) is 1. The molecule has 0 aliphatic heterocycles. The Morgan fingerprint density at radius 1 is 1.33 bits per heavy atom. The van der Waals surface area contributed by atoms with E-state index in [4.69, 9.17) is 10.5 Å². The van der Waals surface area contributed by atoms with Crippen molar-refractivity contribution in [2.75, 3.05) is 13.7 Å². The van der Waals surface area contributed by atoms with Crippen LogP contribution in [0.1, 0.15) is 31.4 Å². The number of carbonyl (C=O) groups excluding carboxylic acids is 2. The zero-order valence-electron chi connectivity index (χ0n) is 14.9. The molecule has 3 N–H and O–H groups in total. The van der Waals surface area contributed by atoms with Gasteiger partial charge in [-0.2, -0.15) is 0 Å². The van der Waals surface area contributed by atoms with E-state index in [1.165, 1.54) is 7.11 Å². The number of hydrogen-bond donors (Lipinski definition) is 2. The predicted molar refractivity (Wildman–Crippen MR) is 98.1 cm³/mol. The molecule has 0 saturated heterocycles. The van der Waals surface area contributed by atoms with Gasteiger partial charge < -0.3 is 15.8 Å². The smallest absolute Gasteiger partial charge is 0.310 e. The summed E-state index contributed by atoms with van der Waals surface area (Å²) < 4.78 is 4.85. The molecule has 0 heterocycles. The lowest BCUT2D eigenvalue weighted by molar-refractivity contribution is -0.145. The molecule has 24 heavy (non-hydrogen) atoms. The summed E-state index contributed by atoms with van der Waals surface area (Å²) in [5.74, 6) is -0.875. The van der Waals surface area contributed by atoms with Crippen molar-refractivity contribution in [3.63, 3.8) is 0 Å². The summed E-state index contributed by atoms with van der Waals surface area (Å²) in [6, 6.07) is 7.40. The molecular weight excluding hydrogens is 328 g/mol. The third-order valence-electron chi connectivity index (χ3n) is 4.18. The highest BCUT2D eigenvalue weighted by Gasteiger charge is 2.24. The summed E-state index contributed by atoms with van der Waals surface area (Å²) in [6.07, 6.45) is 1.35. The lowest BCUT2D eigenvalue weighted by atomic mass is 9.96. The molecule has 0 bridgehead atoms. The Morgan fingerprint density at radius 3 is 2.54 bits per heavy atom. The number of amides is 1. The molecule has 0 radical (unpaired) electrons. The van der Waals surface area contributed by atoms with Crippen LogP contribution in [0.3, 0.4) is 0 Å². The molecule has 3 unspecified atom stereocenters. The lowest BCUT2D eigenvalue weighted by Gasteiger charge is -2.20. The van der Waals surface area contributed by atoms with Gasteiger partial charge in [-0.25, -0.2) is 0 Å². The second kappa shape index (κ2) is 11.0. The van der Waals surface area contributed by atoms with Gasteiger partial charge in [0.1, 0.15) is 0 Å². The summed E-state index contributed by atoms with van der Waals surface area (Å²) in [5, 5.41) is 2.78. The molecule has 0 saturated carbocycles. The third-order valence-corrected chi connectivity index (χ3v) is 4.18. The van der Waals surface area contributed by atoms with E-state index in [1.807, 2.05) is 45.0 Å². The van der Waals surface area contributed by atoms with Gasteiger partial charge >= 0.3 is 5.97 Å². The highest BCUT2D eigenvalue weighted by molar-refractivity contribution is 5.85. The molecule has 3 atom stereocenters. The van der Waals surface area contributed by atoms with Gasteiger partial charge in [0.25, 0.3) is 0 Å². The number of nitrogens with two attached hydrogens (primary N) is 1. The van der Waals surface area contributed by atoms with Crippen molar-refractivity contribution in [2.24, 2.45) is 17.6 Å². The molecule has 0 aromatic heterocycles. The maximum atomic E-state index is 12.1. The Bertz CT molecular complexity index is 537. The van der Waals surface area contributed by atoms with Crippen LogP contribution in [0.4, 0.5) is 0 Å². The van der Waals surface area contributed by atoms with Gasteiger partial charge in [-0.1, -0.05) is 50.1 Å². The zero-order chi connectivity index (χ0) is 17.4. The Kier molecular flexibility index (Phi) is 10.3. The van der Waals surface area contributed by atoms with Gasteiger partial charge in [0.2, 0.25) is 5.91 Å². The number of benzene rings is 1. The molecule has 6 heteroatoms. The Hall–Kier alpha value is -1.59.